The summed E-state index contributed by atoms with van der Waals surface area (Å²) in [6.07, 6.45) is 5.64. The molecule has 2 aromatic rings. The lowest BCUT2D eigenvalue weighted by Crippen LogP contribution is -2.29. The van der Waals surface area contributed by atoms with Gasteiger partial charge in [-0.2, -0.15) is 0 Å². The molecule has 144 valence electrons. The van der Waals surface area contributed by atoms with E-state index in [4.69, 9.17) is 4.74 Å². The fourth-order valence-electron chi connectivity index (χ4n) is 4.35. The van der Waals surface area contributed by atoms with E-state index in [1.165, 1.54) is 22.9 Å². The van der Waals surface area contributed by atoms with Crippen LogP contribution in [0.15, 0.2) is 47.4 Å². The van der Waals surface area contributed by atoms with Gasteiger partial charge in [0.05, 0.1) is 11.5 Å². The molecule has 5 heteroatoms. The first-order valence-corrected chi connectivity index (χ1v) is 11.6. The highest BCUT2D eigenvalue weighted by molar-refractivity contribution is 7.90. The number of benzene rings is 2. The first-order valence-electron chi connectivity index (χ1n) is 9.72. The Labute approximate surface area is 161 Å². The van der Waals surface area contributed by atoms with E-state index in [1.807, 2.05) is 12.1 Å². The Morgan fingerprint density at radius 2 is 1.89 bits per heavy atom. The van der Waals surface area contributed by atoms with Gasteiger partial charge in [0.1, 0.15) is 5.75 Å². The molecule has 1 aliphatic heterocycles. The normalized spacial score (nSPS) is 23.0. The zero-order valence-electron chi connectivity index (χ0n) is 15.9. The monoisotopic (exact) mass is 385 g/mol. The van der Waals surface area contributed by atoms with Gasteiger partial charge >= 0.3 is 0 Å². The molecule has 2 aliphatic rings. The smallest absolute Gasteiger partial charge is 0.175 e. The molecule has 1 aliphatic carbocycles. The van der Waals surface area contributed by atoms with Gasteiger partial charge in [-0.15, -0.1) is 0 Å². The molecule has 0 bridgehead atoms. The van der Waals surface area contributed by atoms with Crippen molar-refractivity contribution < 1.29 is 13.2 Å². The summed E-state index contributed by atoms with van der Waals surface area (Å²) in [5, 5.41) is 3.78. The van der Waals surface area contributed by atoms with E-state index in [1.54, 1.807) is 12.1 Å². The van der Waals surface area contributed by atoms with Crippen LogP contribution in [0, 0.1) is 0 Å². The van der Waals surface area contributed by atoms with Gasteiger partial charge < -0.3 is 10.1 Å². The predicted octanol–water partition coefficient (Wildman–Crippen LogP) is 4.01. The van der Waals surface area contributed by atoms with Gasteiger partial charge in [0.15, 0.2) is 9.84 Å². The van der Waals surface area contributed by atoms with Crippen LogP contribution in [0.25, 0.3) is 0 Å². The highest BCUT2D eigenvalue weighted by Gasteiger charge is 2.27. The Morgan fingerprint density at radius 3 is 2.63 bits per heavy atom. The minimum atomic E-state index is -3.13. The van der Waals surface area contributed by atoms with Crippen LogP contribution in [0.3, 0.4) is 0 Å². The molecule has 0 amide bonds. The Kier molecular flexibility index (Phi) is 4.99. The Hall–Kier alpha value is -1.85. The first-order chi connectivity index (χ1) is 12.9. The second kappa shape index (κ2) is 7.28. The van der Waals surface area contributed by atoms with Crippen LogP contribution in [0.1, 0.15) is 54.8 Å². The quantitative estimate of drug-likeness (QED) is 0.845. The van der Waals surface area contributed by atoms with Gasteiger partial charge in [0.25, 0.3) is 0 Å². The summed E-state index contributed by atoms with van der Waals surface area (Å²) in [4.78, 5) is 0.396. The van der Waals surface area contributed by atoms with Crippen LogP contribution >= 0.6 is 0 Å². The molecule has 0 spiro atoms. The topological polar surface area (TPSA) is 55.4 Å². The van der Waals surface area contributed by atoms with E-state index in [9.17, 15) is 8.42 Å². The molecule has 4 nitrogen and oxygen atoms in total. The Balaban J connectivity index is 1.38. The summed E-state index contributed by atoms with van der Waals surface area (Å²) in [7, 11) is -3.13. The van der Waals surface area contributed by atoms with Crippen molar-refractivity contribution in [1.29, 1.82) is 0 Å². The van der Waals surface area contributed by atoms with Crippen LogP contribution in [0.5, 0.6) is 5.75 Å². The molecule has 1 N–H and O–H groups in total. The van der Waals surface area contributed by atoms with E-state index in [2.05, 4.69) is 30.4 Å². The Bertz CT molecular complexity index is 921. The van der Waals surface area contributed by atoms with E-state index in [0.29, 0.717) is 22.9 Å². The molecular weight excluding hydrogens is 358 g/mol. The van der Waals surface area contributed by atoms with E-state index in [0.717, 1.165) is 38.0 Å². The highest BCUT2D eigenvalue weighted by atomic mass is 32.2. The van der Waals surface area contributed by atoms with Crippen molar-refractivity contribution in [3.05, 3.63) is 59.2 Å². The van der Waals surface area contributed by atoms with Gasteiger partial charge in [-0.05, 0) is 67.0 Å². The summed E-state index contributed by atoms with van der Waals surface area (Å²) in [6.45, 7) is 3.02. The molecule has 0 saturated heterocycles. The highest BCUT2D eigenvalue weighted by Crippen LogP contribution is 2.36. The Morgan fingerprint density at radius 1 is 1.11 bits per heavy atom. The van der Waals surface area contributed by atoms with Gasteiger partial charge in [-0.25, -0.2) is 8.42 Å². The fourth-order valence-corrected chi connectivity index (χ4v) is 4.98. The standard InChI is InChI=1S/C22H27NO3S/c1-15(17-6-10-22-19(13-17)11-12-26-22)23-20-7-3-18(14-20)16-4-8-21(9-5-16)27(2,24)25/h4-6,8-10,13,15,18,20,23H,3,7,11-12,14H2,1-2H3/t15-,18?,20+/m1/s1. The van der Waals surface area contributed by atoms with Gasteiger partial charge in [-0.1, -0.05) is 24.3 Å². The minimum Gasteiger partial charge on any atom is -0.493 e. The summed E-state index contributed by atoms with van der Waals surface area (Å²) < 4.78 is 28.9. The second-order valence-corrected chi connectivity index (χ2v) is 9.92. The lowest BCUT2D eigenvalue weighted by Gasteiger charge is -2.21. The first kappa shape index (κ1) is 18.5. The van der Waals surface area contributed by atoms with Crippen molar-refractivity contribution in [3.63, 3.8) is 0 Å². The summed E-state index contributed by atoms with van der Waals surface area (Å²) >= 11 is 0. The summed E-state index contributed by atoms with van der Waals surface area (Å²) in [6, 6.07) is 14.8. The summed E-state index contributed by atoms with van der Waals surface area (Å²) in [5.41, 5.74) is 3.88. The third-order valence-electron chi connectivity index (χ3n) is 5.91. The van der Waals surface area contributed by atoms with E-state index in [-0.39, 0.29) is 0 Å². The number of ether oxygens (including phenoxy) is 1. The molecule has 4 rings (SSSR count). The molecule has 0 radical (unpaired) electrons. The number of fused-ring (bicyclic) bond motifs is 1. The van der Waals surface area contributed by atoms with Gasteiger partial charge in [0, 0.05) is 24.8 Å². The maximum atomic E-state index is 11.6. The minimum absolute atomic E-state index is 0.312. The van der Waals surface area contributed by atoms with Crippen molar-refractivity contribution in [2.75, 3.05) is 12.9 Å². The van der Waals surface area contributed by atoms with Crippen LogP contribution in [0.4, 0.5) is 0 Å². The zero-order chi connectivity index (χ0) is 19.0. The van der Waals surface area contributed by atoms with Crippen LogP contribution in [-0.4, -0.2) is 27.3 Å². The van der Waals surface area contributed by atoms with Gasteiger partial charge in [0.2, 0.25) is 0 Å². The van der Waals surface area contributed by atoms with Crippen LogP contribution in [0.2, 0.25) is 0 Å². The average molecular weight is 386 g/mol. The average Bonchev–Trinajstić information content (AvgIpc) is 3.29. The number of hydrogen-bond donors (Lipinski definition) is 1. The van der Waals surface area contributed by atoms with Crippen molar-refractivity contribution in [2.24, 2.45) is 0 Å². The van der Waals surface area contributed by atoms with Crippen LogP contribution < -0.4 is 10.1 Å². The molecule has 1 fully saturated rings. The predicted molar refractivity (Wildman–Crippen MR) is 107 cm³/mol. The van der Waals surface area contributed by atoms with Crippen molar-refractivity contribution in [3.8, 4) is 5.75 Å². The fraction of sp³-hybridized carbons (Fsp3) is 0.455. The molecular formula is C22H27NO3S. The molecule has 1 saturated carbocycles. The largest absolute Gasteiger partial charge is 0.493 e. The molecule has 27 heavy (non-hydrogen) atoms. The zero-order valence-corrected chi connectivity index (χ0v) is 16.8. The van der Waals surface area contributed by atoms with E-state index < -0.39 is 9.84 Å². The SMILES string of the molecule is C[C@@H](N[C@H]1CCC(c2ccc(S(C)(=O)=O)cc2)C1)c1ccc2c(c1)CCO2. The van der Waals surface area contributed by atoms with Crippen LogP contribution in [-0.2, 0) is 16.3 Å². The summed E-state index contributed by atoms with van der Waals surface area (Å²) in [5.74, 6) is 1.53. The third-order valence-corrected chi connectivity index (χ3v) is 7.04. The molecule has 1 heterocycles. The number of sulfone groups is 1. The van der Waals surface area contributed by atoms with E-state index >= 15 is 0 Å². The third kappa shape index (κ3) is 4.04. The second-order valence-electron chi connectivity index (χ2n) is 7.90. The lowest BCUT2D eigenvalue weighted by atomic mass is 9.97. The van der Waals surface area contributed by atoms with Crippen molar-refractivity contribution >= 4 is 9.84 Å². The van der Waals surface area contributed by atoms with Crippen molar-refractivity contribution in [1.82, 2.24) is 5.32 Å². The molecule has 1 unspecified atom stereocenters. The van der Waals surface area contributed by atoms with Gasteiger partial charge in [-0.3, -0.25) is 0 Å². The number of rotatable bonds is 5. The molecule has 3 atom stereocenters. The molecule has 2 aromatic carbocycles. The maximum Gasteiger partial charge on any atom is 0.175 e. The number of nitrogens with one attached hydrogen (secondary N) is 1. The van der Waals surface area contributed by atoms with Crippen molar-refractivity contribution in [2.45, 2.75) is 55.5 Å². The maximum absolute atomic E-state index is 11.6. The molecule has 0 aromatic heterocycles. The number of hydrogen-bond acceptors (Lipinski definition) is 4. The lowest BCUT2D eigenvalue weighted by molar-refractivity contribution is 0.356.